The molecule has 0 aromatic carbocycles. The van der Waals surface area contributed by atoms with Crippen LogP contribution < -0.4 is 0 Å². The van der Waals surface area contributed by atoms with E-state index in [4.69, 9.17) is 0 Å². The largest absolute Gasteiger partial charge is 0.259 e. The zero-order chi connectivity index (χ0) is 8.55. The quantitative estimate of drug-likeness (QED) is 0.690. The summed E-state index contributed by atoms with van der Waals surface area (Å²) in [6.07, 6.45) is 1.68. The summed E-state index contributed by atoms with van der Waals surface area (Å²) in [6.45, 7) is 4.21. The highest BCUT2D eigenvalue weighted by atomic mass is 15.2. The first-order chi connectivity index (χ1) is 5.79. The molecule has 0 amide bonds. The summed E-state index contributed by atoms with van der Waals surface area (Å²) in [6, 6.07) is 1.93. The minimum atomic E-state index is 0.419. The molecular formula is C8H10N4. The van der Waals surface area contributed by atoms with Crippen molar-refractivity contribution in [1.29, 1.82) is 0 Å². The Balaban J connectivity index is 2.70. The molecule has 0 atom stereocenters. The molecule has 0 aliphatic heterocycles. The molecule has 0 aliphatic carbocycles. The van der Waals surface area contributed by atoms with Crippen molar-refractivity contribution in [1.82, 2.24) is 20.4 Å². The maximum Gasteiger partial charge on any atom is 0.178 e. The van der Waals surface area contributed by atoms with Crippen molar-refractivity contribution in [2.24, 2.45) is 0 Å². The van der Waals surface area contributed by atoms with Crippen molar-refractivity contribution < 1.29 is 0 Å². The minimum absolute atomic E-state index is 0.419. The smallest absolute Gasteiger partial charge is 0.178 e. The maximum atomic E-state index is 4.17. The van der Waals surface area contributed by atoms with Crippen LogP contribution in [0.4, 0.5) is 0 Å². The van der Waals surface area contributed by atoms with Gasteiger partial charge in [-0.05, 0) is 12.0 Å². The van der Waals surface area contributed by atoms with Gasteiger partial charge in [-0.1, -0.05) is 13.8 Å². The Morgan fingerprint density at radius 3 is 3.00 bits per heavy atom. The highest BCUT2D eigenvalue weighted by molar-refractivity contribution is 5.77. The van der Waals surface area contributed by atoms with Crippen LogP contribution in [-0.4, -0.2) is 20.4 Å². The highest BCUT2D eigenvalue weighted by Gasteiger charge is 2.08. The van der Waals surface area contributed by atoms with E-state index >= 15 is 0 Å². The number of aromatic amines is 1. The van der Waals surface area contributed by atoms with E-state index in [1.165, 1.54) is 0 Å². The molecule has 0 radical (unpaired) electrons. The van der Waals surface area contributed by atoms with Crippen LogP contribution in [-0.2, 0) is 0 Å². The van der Waals surface area contributed by atoms with Crippen LogP contribution >= 0.6 is 0 Å². The van der Waals surface area contributed by atoms with E-state index in [0.29, 0.717) is 5.92 Å². The van der Waals surface area contributed by atoms with Crippen LogP contribution in [0.2, 0.25) is 0 Å². The van der Waals surface area contributed by atoms with Crippen LogP contribution in [0.3, 0.4) is 0 Å². The normalized spacial score (nSPS) is 11.2. The number of hydrogen-bond donors (Lipinski definition) is 1. The number of H-pyrrole nitrogens is 1. The summed E-state index contributed by atoms with van der Waals surface area (Å²) in [4.78, 5) is 0. The Morgan fingerprint density at radius 1 is 1.42 bits per heavy atom. The first-order valence-electron chi connectivity index (χ1n) is 3.94. The van der Waals surface area contributed by atoms with Crippen molar-refractivity contribution in [3.05, 3.63) is 18.0 Å². The van der Waals surface area contributed by atoms with Crippen LogP contribution in [0.25, 0.3) is 11.0 Å². The van der Waals surface area contributed by atoms with E-state index in [9.17, 15) is 0 Å². The highest BCUT2D eigenvalue weighted by Crippen LogP contribution is 2.19. The van der Waals surface area contributed by atoms with Crippen molar-refractivity contribution in [2.45, 2.75) is 19.8 Å². The molecule has 1 N–H and O–H groups in total. The predicted molar refractivity (Wildman–Crippen MR) is 45.8 cm³/mol. The summed E-state index contributed by atoms with van der Waals surface area (Å²) in [5, 5.41) is 15.8. The average Bonchev–Trinajstić information content (AvgIpc) is 2.47. The third-order valence-electron chi connectivity index (χ3n) is 1.83. The van der Waals surface area contributed by atoms with Gasteiger partial charge >= 0.3 is 0 Å². The molecule has 0 spiro atoms. The molecule has 4 heteroatoms. The molecule has 2 aromatic rings. The number of rotatable bonds is 1. The van der Waals surface area contributed by atoms with Gasteiger partial charge in [0.1, 0.15) is 0 Å². The maximum absolute atomic E-state index is 4.17. The second kappa shape index (κ2) is 2.55. The molecule has 4 nitrogen and oxygen atoms in total. The lowest BCUT2D eigenvalue weighted by molar-refractivity contribution is 0.817. The number of nitrogens with one attached hydrogen (secondary N) is 1. The third kappa shape index (κ3) is 0.958. The van der Waals surface area contributed by atoms with E-state index in [1.54, 1.807) is 6.20 Å². The van der Waals surface area contributed by atoms with Gasteiger partial charge in [-0.3, -0.25) is 5.10 Å². The second-order valence-corrected chi connectivity index (χ2v) is 3.06. The first kappa shape index (κ1) is 7.21. The van der Waals surface area contributed by atoms with Crippen molar-refractivity contribution >= 4 is 11.0 Å². The zero-order valence-corrected chi connectivity index (χ0v) is 7.07. The van der Waals surface area contributed by atoms with Gasteiger partial charge in [-0.25, -0.2) is 0 Å². The Bertz CT molecular complexity index is 391. The van der Waals surface area contributed by atoms with Gasteiger partial charge in [0.05, 0.1) is 11.9 Å². The van der Waals surface area contributed by atoms with Gasteiger partial charge in [-0.15, -0.1) is 5.10 Å². The molecule has 0 aliphatic rings. The van der Waals surface area contributed by atoms with Crippen LogP contribution in [0.1, 0.15) is 25.5 Å². The topological polar surface area (TPSA) is 54.5 Å². The first-order valence-corrected chi connectivity index (χ1v) is 3.94. The minimum Gasteiger partial charge on any atom is -0.259 e. The summed E-state index contributed by atoms with van der Waals surface area (Å²) in [5.41, 5.74) is 1.82. The summed E-state index contributed by atoms with van der Waals surface area (Å²) in [5.74, 6) is 0.419. The number of aromatic nitrogens is 4. The van der Waals surface area contributed by atoms with E-state index in [1.807, 2.05) is 6.07 Å². The average molecular weight is 162 g/mol. The SMILES string of the molecule is CC(C)c1n[nH]c2nnccc12. The number of hydrogen-bond acceptors (Lipinski definition) is 3. The second-order valence-electron chi connectivity index (χ2n) is 3.06. The lowest BCUT2D eigenvalue weighted by atomic mass is 10.1. The third-order valence-corrected chi connectivity index (χ3v) is 1.83. The van der Waals surface area contributed by atoms with Gasteiger partial charge in [0.25, 0.3) is 0 Å². The van der Waals surface area contributed by atoms with Gasteiger partial charge in [0.15, 0.2) is 5.65 Å². The monoisotopic (exact) mass is 162 g/mol. The van der Waals surface area contributed by atoms with Gasteiger partial charge < -0.3 is 0 Å². The lowest BCUT2D eigenvalue weighted by Gasteiger charge is -1.97. The van der Waals surface area contributed by atoms with Crippen LogP contribution in [0.15, 0.2) is 12.3 Å². The summed E-state index contributed by atoms with van der Waals surface area (Å²) in [7, 11) is 0. The standard InChI is InChI=1S/C8H10N4/c1-5(2)7-6-3-4-9-11-8(6)12-10-7/h3-5H,1-2H3,(H,10,11,12). The molecule has 0 saturated carbocycles. The fraction of sp³-hybridized carbons (Fsp3) is 0.375. The Kier molecular flexibility index (Phi) is 1.53. The Labute approximate surface area is 70.0 Å². The summed E-state index contributed by atoms with van der Waals surface area (Å²) < 4.78 is 0. The molecule has 2 heterocycles. The molecule has 0 saturated heterocycles. The Hall–Kier alpha value is -1.45. The fourth-order valence-electron chi connectivity index (χ4n) is 1.23. The van der Waals surface area contributed by atoms with Gasteiger partial charge in [0, 0.05) is 5.39 Å². The van der Waals surface area contributed by atoms with Crippen molar-refractivity contribution in [2.75, 3.05) is 0 Å². The lowest BCUT2D eigenvalue weighted by Crippen LogP contribution is -1.87. The molecule has 2 aromatic heterocycles. The van der Waals surface area contributed by atoms with Crippen LogP contribution in [0, 0.1) is 0 Å². The van der Waals surface area contributed by atoms with Crippen LogP contribution in [0.5, 0.6) is 0 Å². The van der Waals surface area contributed by atoms with Gasteiger partial charge in [0.2, 0.25) is 0 Å². The number of nitrogens with zero attached hydrogens (tertiary/aromatic N) is 3. The number of fused-ring (bicyclic) bond motifs is 1. The Morgan fingerprint density at radius 2 is 2.25 bits per heavy atom. The van der Waals surface area contributed by atoms with Gasteiger partial charge in [-0.2, -0.15) is 10.2 Å². The fourth-order valence-corrected chi connectivity index (χ4v) is 1.23. The summed E-state index contributed by atoms with van der Waals surface area (Å²) >= 11 is 0. The molecule has 62 valence electrons. The molecule has 0 bridgehead atoms. The van der Waals surface area contributed by atoms with E-state index in [2.05, 4.69) is 34.2 Å². The van der Waals surface area contributed by atoms with E-state index in [-0.39, 0.29) is 0 Å². The molecule has 0 unspecified atom stereocenters. The molecular weight excluding hydrogens is 152 g/mol. The van der Waals surface area contributed by atoms with Crippen molar-refractivity contribution in [3.8, 4) is 0 Å². The molecule has 12 heavy (non-hydrogen) atoms. The van der Waals surface area contributed by atoms with Crippen molar-refractivity contribution in [3.63, 3.8) is 0 Å². The van der Waals surface area contributed by atoms with E-state index in [0.717, 1.165) is 16.7 Å². The predicted octanol–water partition coefficient (Wildman–Crippen LogP) is 1.48. The van der Waals surface area contributed by atoms with E-state index < -0.39 is 0 Å². The zero-order valence-electron chi connectivity index (χ0n) is 7.07. The molecule has 2 rings (SSSR count). The molecule has 0 fully saturated rings.